The number of rotatable bonds is 8. The van der Waals surface area contributed by atoms with E-state index in [4.69, 9.17) is 21.1 Å². The zero-order valence-electron chi connectivity index (χ0n) is 17.6. The molecule has 1 fully saturated rings. The Balaban J connectivity index is 1.57. The average molecular weight is 497 g/mol. The van der Waals surface area contributed by atoms with Crippen molar-refractivity contribution in [3.63, 3.8) is 0 Å². The summed E-state index contributed by atoms with van der Waals surface area (Å²) < 4.78 is 37.1. The Morgan fingerprint density at radius 3 is 2.36 bits per heavy atom. The minimum atomic E-state index is -4.08. The number of hydrogen-bond acceptors (Lipinski definition) is 8. The summed E-state index contributed by atoms with van der Waals surface area (Å²) in [4.78, 5) is 34.5. The standard InChI is InChI=1S/C21H21ClN2O8S/c1-31-17-5-2-14(3-6-17)19(25)13-32-21(26)15-8-10-23(11-9-15)33(29,30)20-12-16(24(27)28)4-7-18(20)22/h2-7,12,15H,8-11,13H2,1H3. The number of ketones is 1. The smallest absolute Gasteiger partial charge is 0.309 e. The molecule has 0 radical (unpaired) electrons. The SMILES string of the molecule is COc1ccc(C(=O)COC(=O)C2CCN(S(=O)(=O)c3cc([N+](=O)[O-])ccc3Cl)CC2)cc1. The van der Waals surface area contributed by atoms with E-state index in [1.165, 1.54) is 7.11 Å². The average Bonchev–Trinajstić information content (AvgIpc) is 2.82. The largest absolute Gasteiger partial charge is 0.497 e. The number of esters is 1. The van der Waals surface area contributed by atoms with Crippen molar-refractivity contribution in [1.82, 2.24) is 4.31 Å². The van der Waals surface area contributed by atoms with Gasteiger partial charge in [-0.2, -0.15) is 4.31 Å². The number of non-ortho nitro benzene ring substituents is 1. The van der Waals surface area contributed by atoms with Crippen molar-refractivity contribution >= 4 is 39.1 Å². The fourth-order valence-electron chi connectivity index (χ4n) is 3.39. The van der Waals surface area contributed by atoms with E-state index in [-0.39, 0.29) is 41.6 Å². The Morgan fingerprint density at radius 2 is 1.79 bits per heavy atom. The molecule has 0 N–H and O–H groups in total. The number of ether oxygens (including phenoxy) is 2. The van der Waals surface area contributed by atoms with Gasteiger partial charge in [-0.1, -0.05) is 11.6 Å². The van der Waals surface area contributed by atoms with Crippen LogP contribution in [0.3, 0.4) is 0 Å². The first-order chi connectivity index (χ1) is 15.6. The van der Waals surface area contributed by atoms with Crippen LogP contribution in [-0.4, -0.2) is 56.2 Å². The van der Waals surface area contributed by atoms with Crippen molar-refractivity contribution in [1.29, 1.82) is 0 Å². The summed E-state index contributed by atoms with van der Waals surface area (Å²) in [6.07, 6.45) is 0.364. The highest BCUT2D eigenvalue weighted by Crippen LogP contribution is 2.31. The molecule has 0 aliphatic carbocycles. The molecule has 0 atom stereocenters. The summed E-state index contributed by atoms with van der Waals surface area (Å²) in [6, 6.07) is 9.59. The number of benzene rings is 2. The fourth-order valence-corrected chi connectivity index (χ4v) is 5.35. The van der Waals surface area contributed by atoms with Gasteiger partial charge in [-0.05, 0) is 43.2 Å². The molecule has 2 aromatic carbocycles. The third-order valence-electron chi connectivity index (χ3n) is 5.29. The first kappa shape index (κ1) is 24.6. The van der Waals surface area contributed by atoms with Crippen molar-refractivity contribution < 1.29 is 32.4 Å². The molecule has 0 saturated carbocycles. The van der Waals surface area contributed by atoms with E-state index in [2.05, 4.69) is 0 Å². The van der Waals surface area contributed by atoms with Crippen LogP contribution >= 0.6 is 11.6 Å². The van der Waals surface area contributed by atoms with Crippen molar-refractivity contribution in [3.8, 4) is 5.75 Å². The van der Waals surface area contributed by atoms with E-state index in [9.17, 15) is 28.1 Å². The molecule has 1 heterocycles. The molecule has 0 amide bonds. The number of halogens is 1. The third kappa shape index (κ3) is 5.67. The predicted octanol–water partition coefficient (Wildman–Crippen LogP) is 3.08. The molecule has 3 rings (SSSR count). The van der Waals surface area contributed by atoms with Gasteiger partial charge in [0.15, 0.2) is 12.4 Å². The number of Topliss-reactive ketones (excluding diaryl/α,β-unsaturated/α-hetero) is 1. The first-order valence-corrected chi connectivity index (χ1v) is 11.7. The maximum absolute atomic E-state index is 12.9. The topological polar surface area (TPSA) is 133 Å². The van der Waals surface area contributed by atoms with Gasteiger partial charge in [-0.3, -0.25) is 19.7 Å². The Morgan fingerprint density at radius 1 is 1.15 bits per heavy atom. The zero-order valence-corrected chi connectivity index (χ0v) is 19.2. The van der Waals surface area contributed by atoms with Crippen molar-refractivity contribution in [2.45, 2.75) is 17.7 Å². The van der Waals surface area contributed by atoms with Gasteiger partial charge in [0.25, 0.3) is 5.69 Å². The molecule has 1 aliphatic rings. The lowest BCUT2D eigenvalue weighted by molar-refractivity contribution is -0.385. The molecule has 10 nitrogen and oxygen atoms in total. The number of carbonyl (C=O) groups is 2. The number of nitro benzene ring substituents is 1. The van der Waals surface area contributed by atoms with Crippen molar-refractivity contribution in [2.75, 3.05) is 26.8 Å². The Labute approximate surface area is 195 Å². The number of carbonyl (C=O) groups excluding carboxylic acids is 2. The van der Waals surface area contributed by atoms with E-state index >= 15 is 0 Å². The van der Waals surface area contributed by atoms with Gasteiger partial charge >= 0.3 is 5.97 Å². The van der Waals surface area contributed by atoms with Crippen LogP contribution in [0.15, 0.2) is 47.4 Å². The highest BCUT2D eigenvalue weighted by atomic mass is 35.5. The van der Waals surface area contributed by atoms with E-state index in [1.807, 2.05) is 0 Å². The van der Waals surface area contributed by atoms with Gasteiger partial charge in [-0.25, -0.2) is 8.42 Å². The molecule has 12 heteroatoms. The minimum Gasteiger partial charge on any atom is -0.497 e. The maximum atomic E-state index is 12.9. The van der Waals surface area contributed by atoms with Gasteiger partial charge in [0.1, 0.15) is 10.6 Å². The van der Waals surface area contributed by atoms with Gasteiger partial charge < -0.3 is 9.47 Å². The van der Waals surface area contributed by atoms with Crippen LogP contribution in [0.2, 0.25) is 5.02 Å². The number of methoxy groups -OCH3 is 1. The summed E-state index contributed by atoms with van der Waals surface area (Å²) in [5.41, 5.74) is -0.0173. The number of piperidine rings is 1. The summed E-state index contributed by atoms with van der Waals surface area (Å²) in [6.45, 7) is -0.409. The lowest BCUT2D eigenvalue weighted by Crippen LogP contribution is -2.40. The van der Waals surface area contributed by atoms with E-state index in [1.54, 1.807) is 24.3 Å². The molecule has 33 heavy (non-hydrogen) atoms. The van der Waals surface area contributed by atoms with Crippen LogP contribution in [0.1, 0.15) is 23.2 Å². The third-order valence-corrected chi connectivity index (χ3v) is 7.67. The molecule has 0 unspecified atom stereocenters. The molecule has 1 saturated heterocycles. The van der Waals surface area contributed by atoms with Crippen LogP contribution in [-0.2, 0) is 19.6 Å². The summed E-state index contributed by atoms with van der Waals surface area (Å²) in [5, 5.41) is 10.9. The molecular formula is C21H21ClN2O8S. The predicted molar refractivity (Wildman–Crippen MR) is 118 cm³/mol. The zero-order chi connectivity index (χ0) is 24.2. The second-order valence-electron chi connectivity index (χ2n) is 7.31. The Bertz CT molecular complexity index is 1160. The lowest BCUT2D eigenvalue weighted by atomic mass is 9.98. The molecular weight excluding hydrogens is 476 g/mol. The summed E-state index contributed by atoms with van der Waals surface area (Å²) in [5.74, 6) is -0.925. The number of sulfonamides is 1. The highest BCUT2D eigenvalue weighted by Gasteiger charge is 2.34. The second-order valence-corrected chi connectivity index (χ2v) is 9.62. The second kappa shape index (κ2) is 10.3. The van der Waals surface area contributed by atoms with Gasteiger partial charge in [0.2, 0.25) is 10.0 Å². The normalized spacial score (nSPS) is 15.1. The van der Waals surface area contributed by atoms with Crippen LogP contribution in [0.25, 0.3) is 0 Å². The molecule has 2 aromatic rings. The van der Waals surface area contributed by atoms with E-state index < -0.39 is 39.1 Å². The quantitative estimate of drug-likeness (QED) is 0.235. The van der Waals surface area contributed by atoms with Crippen LogP contribution in [0, 0.1) is 16.0 Å². The van der Waals surface area contributed by atoms with Crippen LogP contribution in [0.5, 0.6) is 5.75 Å². The van der Waals surface area contributed by atoms with Crippen molar-refractivity contribution in [2.24, 2.45) is 5.92 Å². The van der Waals surface area contributed by atoms with E-state index in [0.29, 0.717) is 11.3 Å². The summed E-state index contributed by atoms with van der Waals surface area (Å²) >= 11 is 5.98. The lowest BCUT2D eigenvalue weighted by Gasteiger charge is -2.30. The molecule has 0 bridgehead atoms. The number of nitrogens with zero attached hydrogens (tertiary/aromatic N) is 2. The monoisotopic (exact) mass is 496 g/mol. The fraction of sp³-hybridized carbons (Fsp3) is 0.333. The molecule has 176 valence electrons. The van der Waals surface area contributed by atoms with Crippen LogP contribution in [0.4, 0.5) is 5.69 Å². The number of nitro groups is 1. The molecule has 0 spiro atoms. The molecule has 1 aliphatic heterocycles. The molecule has 0 aromatic heterocycles. The van der Waals surface area contributed by atoms with Crippen LogP contribution < -0.4 is 4.74 Å². The van der Waals surface area contributed by atoms with Gasteiger partial charge in [0.05, 0.1) is 23.0 Å². The first-order valence-electron chi connectivity index (χ1n) is 9.91. The minimum absolute atomic E-state index is 0.00749. The van der Waals surface area contributed by atoms with Crippen molar-refractivity contribution in [3.05, 3.63) is 63.2 Å². The Hall–Kier alpha value is -3.02. The Kier molecular flexibility index (Phi) is 7.67. The summed E-state index contributed by atoms with van der Waals surface area (Å²) in [7, 11) is -2.58. The van der Waals surface area contributed by atoms with E-state index in [0.717, 1.165) is 22.5 Å². The maximum Gasteiger partial charge on any atom is 0.309 e. The van der Waals surface area contributed by atoms with Gasteiger partial charge in [0, 0.05) is 30.8 Å². The number of hydrogen-bond donors (Lipinski definition) is 0. The van der Waals surface area contributed by atoms with Gasteiger partial charge in [-0.15, -0.1) is 0 Å². The highest BCUT2D eigenvalue weighted by molar-refractivity contribution is 7.89.